The Balaban J connectivity index is 1.36. The van der Waals surface area contributed by atoms with E-state index in [-0.39, 0.29) is 11.6 Å². The summed E-state index contributed by atoms with van der Waals surface area (Å²) in [5.74, 6) is 1.97. The highest BCUT2D eigenvalue weighted by atomic mass is 16.5. The number of nitrogens with one attached hydrogen (secondary N) is 2. The molecule has 0 radical (unpaired) electrons. The van der Waals surface area contributed by atoms with Crippen LogP contribution < -0.4 is 15.4 Å². The van der Waals surface area contributed by atoms with E-state index in [1.54, 1.807) is 25.4 Å². The van der Waals surface area contributed by atoms with Gasteiger partial charge in [-0.3, -0.25) is 9.78 Å². The fourth-order valence-electron chi connectivity index (χ4n) is 3.25. The lowest BCUT2D eigenvalue weighted by atomic mass is 10.2. The number of benzene rings is 2. The second-order valence-electron chi connectivity index (χ2n) is 6.99. The second-order valence-corrected chi connectivity index (χ2v) is 6.99. The molecule has 5 aromatic rings. The van der Waals surface area contributed by atoms with Gasteiger partial charge in [0.2, 0.25) is 5.95 Å². The molecule has 0 atom stereocenters. The van der Waals surface area contributed by atoms with E-state index in [2.05, 4.69) is 30.6 Å². The fraction of sp³-hybridized carbons (Fsp3) is 0.0417. The average Bonchev–Trinajstić information content (AvgIpc) is 2.83. The lowest BCUT2D eigenvalue weighted by molar-refractivity contribution is 0.0958. The SMILES string of the molecule is CNC(=O)c1cc(Oc2ccc3nc(Nc4ccc5ccccc5n4)ncc3c2)ccn1. The topological polar surface area (TPSA) is 102 Å². The van der Waals surface area contributed by atoms with Gasteiger partial charge in [-0.15, -0.1) is 0 Å². The minimum Gasteiger partial charge on any atom is -0.457 e. The Bertz CT molecular complexity index is 1450. The number of anilines is 2. The molecule has 0 saturated carbocycles. The number of carbonyl (C=O) groups is 1. The number of nitrogens with zero attached hydrogens (tertiary/aromatic N) is 4. The molecule has 5 rings (SSSR count). The number of pyridine rings is 2. The van der Waals surface area contributed by atoms with Crippen molar-refractivity contribution in [3.8, 4) is 11.5 Å². The Labute approximate surface area is 183 Å². The number of hydrogen-bond acceptors (Lipinski definition) is 7. The van der Waals surface area contributed by atoms with Gasteiger partial charge < -0.3 is 15.4 Å². The van der Waals surface area contributed by atoms with Crippen LogP contribution in [0, 0.1) is 0 Å². The molecular formula is C24H18N6O2. The van der Waals surface area contributed by atoms with Gasteiger partial charge >= 0.3 is 0 Å². The highest BCUT2D eigenvalue weighted by Gasteiger charge is 2.08. The van der Waals surface area contributed by atoms with Crippen LogP contribution in [0.5, 0.6) is 11.5 Å². The van der Waals surface area contributed by atoms with Gasteiger partial charge in [-0.25, -0.2) is 15.0 Å². The lowest BCUT2D eigenvalue weighted by Gasteiger charge is -2.09. The van der Waals surface area contributed by atoms with Crippen LogP contribution >= 0.6 is 0 Å². The Kier molecular flexibility index (Phi) is 5.01. The summed E-state index contributed by atoms with van der Waals surface area (Å²) in [4.78, 5) is 29.4. The molecule has 8 heteroatoms. The van der Waals surface area contributed by atoms with Crippen molar-refractivity contribution in [3.05, 3.63) is 84.8 Å². The zero-order valence-corrected chi connectivity index (χ0v) is 17.1. The van der Waals surface area contributed by atoms with Crippen molar-refractivity contribution in [1.82, 2.24) is 25.3 Å². The predicted molar refractivity (Wildman–Crippen MR) is 122 cm³/mol. The summed E-state index contributed by atoms with van der Waals surface area (Å²) >= 11 is 0. The highest BCUT2D eigenvalue weighted by molar-refractivity contribution is 5.92. The van der Waals surface area contributed by atoms with E-state index in [9.17, 15) is 4.79 Å². The minimum atomic E-state index is -0.275. The first kappa shape index (κ1) is 19.4. The molecule has 0 fully saturated rings. The van der Waals surface area contributed by atoms with Gasteiger partial charge in [0.25, 0.3) is 5.91 Å². The van der Waals surface area contributed by atoms with Crippen LogP contribution in [0.15, 0.2) is 79.1 Å². The lowest BCUT2D eigenvalue weighted by Crippen LogP contribution is -2.18. The number of rotatable bonds is 5. The normalized spacial score (nSPS) is 10.8. The summed E-state index contributed by atoms with van der Waals surface area (Å²) < 4.78 is 5.89. The first-order chi connectivity index (χ1) is 15.7. The Hall–Kier alpha value is -4.59. The maximum Gasteiger partial charge on any atom is 0.269 e. The third-order valence-electron chi connectivity index (χ3n) is 4.82. The smallest absolute Gasteiger partial charge is 0.269 e. The van der Waals surface area contributed by atoms with Crippen molar-refractivity contribution in [2.24, 2.45) is 0 Å². The van der Waals surface area contributed by atoms with E-state index in [1.807, 2.05) is 54.6 Å². The van der Waals surface area contributed by atoms with Gasteiger partial charge in [0, 0.05) is 36.3 Å². The monoisotopic (exact) mass is 422 g/mol. The average molecular weight is 422 g/mol. The van der Waals surface area contributed by atoms with E-state index in [0.717, 1.165) is 21.8 Å². The Morgan fingerprint density at radius 3 is 2.59 bits per heavy atom. The molecule has 0 saturated heterocycles. The number of carbonyl (C=O) groups excluding carboxylic acids is 1. The maximum atomic E-state index is 11.8. The molecular weight excluding hydrogens is 404 g/mol. The number of para-hydroxylation sites is 1. The summed E-state index contributed by atoms with van der Waals surface area (Å²) in [6, 6.07) is 20.6. The van der Waals surface area contributed by atoms with Gasteiger partial charge in [-0.05, 0) is 42.5 Å². The van der Waals surface area contributed by atoms with Crippen LogP contribution in [-0.4, -0.2) is 32.9 Å². The van der Waals surface area contributed by atoms with Crippen molar-refractivity contribution < 1.29 is 9.53 Å². The fourth-order valence-corrected chi connectivity index (χ4v) is 3.25. The van der Waals surface area contributed by atoms with E-state index < -0.39 is 0 Å². The summed E-state index contributed by atoms with van der Waals surface area (Å²) in [5.41, 5.74) is 1.94. The first-order valence-corrected chi connectivity index (χ1v) is 9.93. The van der Waals surface area contributed by atoms with Gasteiger partial charge in [-0.1, -0.05) is 18.2 Å². The predicted octanol–water partition coefficient (Wildman–Crippen LogP) is 4.47. The summed E-state index contributed by atoms with van der Waals surface area (Å²) in [6.07, 6.45) is 3.25. The van der Waals surface area contributed by atoms with Gasteiger partial charge in [0.05, 0.1) is 11.0 Å². The largest absolute Gasteiger partial charge is 0.457 e. The molecule has 0 unspecified atom stereocenters. The molecule has 2 aromatic carbocycles. The summed E-state index contributed by atoms with van der Waals surface area (Å²) in [7, 11) is 1.56. The quantitative estimate of drug-likeness (QED) is 0.431. The molecule has 8 nitrogen and oxygen atoms in total. The van der Waals surface area contributed by atoms with Crippen molar-refractivity contribution in [3.63, 3.8) is 0 Å². The summed E-state index contributed by atoms with van der Waals surface area (Å²) in [6.45, 7) is 0. The van der Waals surface area contributed by atoms with Crippen molar-refractivity contribution in [1.29, 1.82) is 0 Å². The molecule has 3 aromatic heterocycles. The van der Waals surface area contributed by atoms with Crippen LogP contribution in [0.3, 0.4) is 0 Å². The van der Waals surface area contributed by atoms with Crippen LogP contribution in [0.2, 0.25) is 0 Å². The summed E-state index contributed by atoms with van der Waals surface area (Å²) in [5, 5.41) is 7.59. The van der Waals surface area contributed by atoms with Gasteiger partial charge in [0.15, 0.2) is 0 Å². The van der Waals surface area contributed by atoms with E-state index >= 15 is 0 Å². The number of amides is 1. The van der Waals surface area contributed by atoms with Crippen molar-refractivity contribution in [2.45, 2.75) is 0 Å². The minimum absolute atomic E-state index is 0.275. The van der Waals surface area contributed by atoms with Crippen LogP contribution in [0.1, 0.15) is 10.5 Å². The maximum absolute atomic E-state index is 11.8. The van der Waals surface area contributed by atoms with E-state index in [4.69, 9.17) is 4.74 Å². The highest BCUT2D eigenvalue weighted by Crippen LogP contribution is 2.26. The molecule has 0 aliphatic heterocycles. The molecule has 3 heterocycles. The van der Waals surface area contributed by atoms with Crippen molar-refractivity contribution >= 4 is 39.5 Å². The van der Waals surface area contributed by atoms with Crippen molar-refractivity contribution in [2.75, 3.05) is 12.4 Å². The zero-order valence-electron chi connectivity index (χ0n) is 17.1. The van der Waals surface area contributed by atoms with Gasteiger partial charge in [0.1, 0.15) is 23.0 Å². The molecule has 1 amide bonds. The van der Waals surface area contributed by atoms with E-state index in [1.165, 1.54) is 6.20 Å². The second kappa shape index (κ2) is 8.27. The number of ether oxygens (including phenoxy) is 1. The number of fused-ring (bicyclic) bond motifs is 2. The molecule has 0 aliphatic rings. The zero-order chi connectivity index (χ0) is 21.9. The Morgan fingerprint density at radius 1 is 0.844 bits per heavy atom. The number of aromatic nitrogens is 4. The molecule has 0 aliphatic carbocycles. The van der Waals surface area contributed by atoms with Crippen LogP contribution in [-0.2, 0) is 0 Å². The third kappa shape index (κ3) is 4.01. The third-order valence-corrected chi connectivity index (χ3v) is 4.82. The molecule has 0 bridgehead atoms. The van der Waals surface area contributed by atoms with Crippen LogP contribution in [0.4, 0.5) is 11.8 Å². The Morgan fingerprint density at radius 2 is 1.69 bits per heavy atom. The van der Waals surface area contributed by atoms with Crippen LogP contribution in [0.25, 0.3) is 21.8 Å². The molecule has 2 N–H and O–H groups in total. The number of hydrogen-bond donors (Lipinski definition) is 2. The first-order valence-electron chi connectivity index (χ1n) is 9.93. The molecule has 32 heavy (non-hydrogen) atoms. The molecule has 0 spiro atoms. The standard InChI is InChI=1S/C24H18N6O2/c1-25-23(31)21-13-18(10-11-26-21)32-17-7-8-20-16(12-17)14-27-24(29-20)30-22-9-6-15-4-2-3-5-19(15)28-22/h2-14H,1H3,(H,25,31)(H,27,28,29,30). The molecule has 156 valence electrons. The van der Waals surface area contributed by atoms with Gasteiger partial charge in [-0.2, -0.15) is 0 Å². The van der Waals surface area contributed by atoms with E-state index in [0.29, 0.717) is 23.3 Å².